The van der Waals surface area contributed by atoms with Gasteiger partial charge in [-0.05, 0) is 48.1 Å². The molecule has 0 radical (unpaired) electrons. The van der Waals surface area contributed by atoms with Crippen molar-refractivity contribution in [3.05, 3.63) is 60.7 Å². The summed E-state index contributed by atoms with van der Waals surface area (Å²) in [6, 6.07) is 20.8. The Morgan fingerprint density at radius 1 is 0.556 bits per heavy atom. The summed E-state index contributed by atoms with van der Waals surface area (Å²) in [4.78, 5) is 0. The number of benzene rings is 2. The number of rotatable bonds is 3. The fourth-order valence-electron chi connectivity index (χ4n) is 4.13. The van der Waals surface area contributed by atoms with Gasteiger partial charge < -0.3 is 0 Å². The molecule has 0 aliphatic heterocycles. The van der Waals surface area contributed by atoms with Crippen molar-refractivity contribution < 1.29 is 20.0 Å². The smallest absolute Gasteiger partial charge is 0.0184 e. The molecule has 0 N–H and O–H groups in total. The Hall–Kier alpha value is -0.0997. The van der Waals surface area contributed by atoms with Crippen LogP contribution in [0.25, 0.3) is 11.1 Å². The van der Waals surface area contributed by atoms with Crippen molar-refractivity contribution in [2.24, 2.45) is 0 Å². The molecule has 0 aromatic heterocycles. The van der Waals surface area contributed by atoms with Crippen molar-refractivity contribution in [2.75, 3.05) is 0 Å². The molecule has 0 bridgehead atoms. The SMILES string of the molecule is C1CCC(PC2CCCCC2)CC1.[Cl][Au].c1ccc(-c2ccccc2)cc1. The molecule has 2 aromatic carbocycles. The van der Waals surface area contributed by atoms with Crippen molar-refractivity contribution in [1.82, 2.24) is 0 Å². The molecule has 27 heavy (non-hydrogen) atoms. The molecule has 2 aliphatic carbocycles. The molecule has 0 nitrogen and oxygen atoms in total. The first-order chi connectivity index (χ1) is 13.4. The molecule has 2 aliphatic rings. The van der Waals surface area contributed by atoms with Gasteiger partial charge in [-0.2, -0.15) is 0 Å². The van der Waals surface area contributed by atoms with E-state index in [0.717, 1.165) is 11.3 Å². The van der Waals surface area contributed by atoms with Gasteiger partial charge in [0.2, 0.25) is 0 Å². The molecule has 3 heteroatoms. The second-order valence-corrected chi connectivity index (χ2v) is 9.53. The maximum atomic E-state index is 4.58. The van der Waals surface area contributed by atoms with E-state index in [0.29, 0.717) is 0 Å². The minimum absolute atomic E-state index is 1.15. The van der Waals surface area contributed by atoms with Gasteiger partial charge in [-0.1, -0.05) is 99.2 Å². The molecule has 152 valence electrons. The molecule has 0 spiro atoms. The normalized spacial score (nSPS) is 17.9. The molecule has 2 aromatic rings. The Morgan fingerprint density at radius 3 is 1.22 bits per heavy atom. The molecule has 0 amide bonds. The van der Waals surface area contributed by atoms with Crippen LogP contribution >= 0.6 is 17.8 Å². The van der Waals surface area contributed by atoms with Gasteiger partial charge in [-0.15, -0.1) is 8.58 Å². The molecule has 0 saturated heterocycles. The topological polar surface area (TPSA) is 0 Å². The average molecular weight is 585 g/mol. The van der Waals surface area contributed by atoms with Crippen LogP contribution in [0.4, 0.5) is 0 Å². The van der Waals surface area contributed by atoms with Crippen LogP contribution in [0.5, 0.6) is 0 Å². The molecule has 0 atom stereocenters. The molecule has 2 fully saturated rings. The van der Waals surface area contributed by atoms with Gasteiger partial charge in [0.25, 0.3) is 0 Å². The van der Waals surface area contributed by atoms with Crippen molar-refractivity contribution in [3.63, 3.8) is 0 Å². The number of hydrogen-bond acceptors (Lipinski definition) is 0. The van der Waals surface area contributed by atoms with Gasteiger partial charge in [0.1, 0.15) is 0 Å². The first kappa shape index (κ1) is 23.2. The summed E-state index contributed by atoms with van der Waals surface area (Å²) in [5.74, 6) is 0. The van der Waals surface area contributed by atoms with Crippen LogP contribution in [0.15, 0.2) is 60.7 Å². The third-order valence-electron chi connectivity index (χ3n) is 5.56. The van der Waals surface area contributed by atoms with E-state index >= 15 is 0 Å². The van der Waals surface area contributed by atoms with E-state index in [4.69, 9.17) is 0 Å². The summed E-state index contributed by atoms with van der Waals surface area (Å²) in [5, 5.41) is 0. The van der Waals surface area contributed by atoms with E-state index in [1.165, 1.54) is 58.2 Å². The molecule has 0 unspecified atom stereocenters. The van der Waals surface area contributed by atoms with Crippen LogP contribution in [0, 0.1) is 0 Å². The van der Waals surface area contributed by atoms with Crippen LogP contribution in [-0.4, -0.2) is 11.3 Å². The van der Waals surface area contributed by atoms with E-state index in [9.17, 15) is 0 Å². The second-order valence-electron chi connectivity index (χ2n) is 7.57. The van der Waals surface area contributed by atoms with Gasteiger partial charge >= 0.3 is 29.2 Å². The van der Waals surface area contributed by atoms with E-state index in [1.807, 2.05) is 12.1 Å². The van der Waals surface area contributed by atoms with Gasteiger partial charge in [-0.25, -0.2) is 0 Å². The summed E-state index contributed by atoms with van der Waals surface area (Å²) in [6.07, 6.45) is 15.4. The van der Waals surface area contributed by atoms with Crippen molar-refractivity contribution in [2.45, 2.75) is 75.5 Å². The van der Waals surface area contributed by atoms with Crippen molar-refractivity contribution >= 4 is 17.8 Å². The molecule has 4 rings (SSSR count). The number of halogens is 1. The van der Waals surface area contributed by atoms with Gasteiger partial charge in [0.05, 0.1) is 0 Å². The van der Waals surface area contributed by atoms with Gasteiger partial charge in [-0.3, -0.25) is 0 Å². The van der Waals surface area contributed by atoms with Crippen LogP contribution < -0.4 is 0 Å². The minimum Gasteiger partial charge on any atom is -0.0622 e. The molecular formula is C24H33AuClP. The zero-order chi connectivity index (χ0) is 19.2. The fourth-order valence-corrected chi connectivity index (χ4v) is 6.28. The number of hydrogen-bond donors (Lipinski definition) is 0. The minimum atomic E-state index is 1.15. The monoisotopic (exact) mass is 584 g/mol. The summed E-state index contributed by atoms with van der Waals surface area (Å²) in [6.45, 7) is 0. The van der Waals surface area contributed by atoms with E-state index in [-0.39, 0.29) is 0 Å². The Kier molecular flexibility index (Phi) is 12.7. The first-order valence-electron chi connectivity index (χ1n) is 10.4. The Bertz CT molecular complexity index is 524. The molecule has 0 heterocycles. The summed E-state index contributed by atoms with van der Waals surface area (Å²) >= 11 is 1.75. The Labute approximate surface area is 184 Å². The van der Waals surface area contributed by atoms with Crippen LogP contribution in [0.3, 0.4) is 0 Å². The van der Waals surface area contributed by atoms with Crippen LogP contribution in [-0.2, 0) is 20.0 Å². The standard InChI is InChI=1S/C12H23P.C12H10.Au.ClH/c1-3-7-11(8-4-1)13-12-9-5-2-6-10-12;1-3-7-11(8-4-1)12-9-5-2-6-10-12;;/h11-13H,1-10H2;1-10H;;1H/q;;+1;/p-1. The van der Waals surface area contributed by atoms with Crippen molar-refractivity contribution in [1.29, 1.82) is 0 Å². The predicted octanol–water partition coefficient (Wildman–Crippen LogP) is 8.37. The van der Waals surface area contributed by atoms with Crippen LogP contribution in [0.1, 0.15) is 64.2 Å². The Balaban J connectivity index is 0.000000178. The van der Waals surface area contributed by atoms with Crippen LogP contribution in [0.2, 0.25) is 0 Å². The largest absolute Gasteiger partial charge is 0.0622 e. The zero-order valence-electron chi connectivity index (χ0n) is 16.2. The van der Waals surface area contributed by atoms with Gasteiger partial charge in [0.15, 0.2) is 0 Å². The fraction of sp³-hybridized carbons (Fsp3) is 0.500. The summed E-state index contributed by atoms with van der Waals surface area (Å²) < 4.78 is 0. The summed E-state index contributed by atoms with van der Waals surface area (Å²) in [7, 11) is 5.91. The van der Waals surface area contributed by atoms with Gasteiger partial charge in [0, 0.05) is 0 Å². The first-order valence-corrected chi connectivity index (χ1v) is 14.2. The van der Waals surface area contributed by atoms with E-state index in [1.54, 1.807) is 45.7 Å². The maximum absolute atomic E-state index is 4.58. The maximum Gasteiger partial charge on any atom is -0.0184 e. The van der Waals surface area contributed by atoms with Crippen molar-refractivity contribution in [3.8, 4) is 11.1 Å². The summed E-state index contributed by atoms with van der Waals surface area (Å²) in [5.41, 5.74) is 4.85. The Morgan fingerprint density at radius 2 is 0.889 bits per heavy atom. The average Bonchev–Trinajstić information content (AvgIpc) is 2.78. The molecular weight excluding hydrogens is 552 g/mol. The predicted molar refractivity (Wildman–Crippen MR) is 120 cm³/mol. The quantitative estimate of drug-likeness (QED) is 0.251. The van der Waals surface area contributed by atoms with E-state index < -0.39 is 0 Å². The third kappa shape index (κ3) is 9.29. The van der Waals surface area contributed by atoms with E-state index in [2.05, 4.69) is 57.7 Å². The third-order valence-corrected chi connectivity index (χ3v) is 7.66. The second kappa shape index (κ2) is 14.8. The zero-order valence-corrected chi connectivity index (χ0v) is 20.1. The molecule has 2 saturated carbocycles.